The van der Waals surface area contributed by atoms with Crippen molar-refractivity contribution in [2.24, 2.45) is 0 Å². The van der Waals surface area contributed by atoms with Crippen molar-refractivity contribution < 1.29 is 0 Å². The molecule has 0 atom stereocenters. The molecule has 1 aliphatic heterocycles. The highest BCUT2D eigenvalue weighted by Crippen LogP contribution is 2.23. The number of nitrogens with zero attached hydrogens (tertiary/aromatic N) is 2. The Kier molecular flexibility index (Phi) is 6.84. The van der Waals surface area contributed by atoms with Gasteiger partial charge in [-0.25, -0.2) is 0 Å². The molecule has 110 valence electrons. The molecule has 1 saturated heterocycles. The largest absolute Gasteiger partial charge is 0.337 e. The molecule has 2 nitrogen and oxygen atoms in total. The van der Waals surface area contributed by atoms with Crippen molar-refractivity contribution in [1.82, 2.24) is 9.62 Å². The maximum absolute atomic E-state index is 2.59. The molecule has 0 bridgehead atoms. The topological polar surface area (TPSA) is 6.48 Å². The molecule has 0 aromatic rings. The third-order valence-corrected chi connectivity index (χ3v) is 6.67. The lowest BCUT2D eigenvalue weighted by atomic mass is 9.74. The summed E-state index contributed by atoms with van der Waals surface area (Å²) in [5.41, 5.74) is 0. The van der Waals surface area contributed by atoms with Gasteiger partial charge in [-0.1, -0.05) is 57.0 Å². The molecule has 0 spiro atoms. The molecule has 4 heteroatoms. The van der Waals surface area contributed by atoms with Gasteiger partial charge in [0, 0.05) is 13.1 Å². The molecule has 0 aromatic heterocycles. The van der Waals surface area contributed by atoms with E-state index in [-0.39, 0.29) is 0 Å². The Morgan fingerprint density at radius 2 is 1.63 bits per heavy atom. The highest BCUT2D eigenvalue weighted by Gasteiger charge is 2.31. The third-order valence-electron chi connectivity index (χ3n) is 4.32. The van der Waals surface area contributed by atoms with E-state index in [9.17, 15) is 0 Å². The van der Waals surface area contributed by atoms with Crippen molar-refractivity contribution >= 4 is 15.1 Å². The van der Waals surface area contributed by atoms with E-state index in [2.05, 4.69) is 56.3 Å². The molecule has 0 unspecified atom stereocenters. The fourth-order valence-corrected chi connectivity index (χ4v) is 4.38. The normalized spacial score (nSPS) is 19.5. The van der Waals surface area contributed by atoms with Crippen LogP contribution < -0.4 is 0 Å². The summed E-state index contributed by atoms with van der Waals surface area (Å²) in [5, 5.41) is 1.77. The lowest BCUT2D eigenvalue weighted by Crippen LogP contribution is -2.40. The molecule has 0 N–H and O–H groups in total. The van der Waals surface area contributed by atoms with Gasteiger partial charge in [0.1, 0.15) is 0 Å². The third kappa shape index (κ3) is 5.44. The van der Waals surface area contributed by atoms with E-state index in [4.69, 9.17) is 0 Å². The van der Waals surface area contributed by atoms with Crippen LogP contribution in [-0.4, -0.2) is 51.9 Å². The molecule has 19 heavy (non-hydrogen) atoms. The minimum Gasteiger partial charge on any atom is -0.326 e. The van der Waals surface area contributed by atoms with Gasteiger partial charge in [0.15, 0.2) is 0 Å². The Morgan fingerprint density at radius 3 is 2.11 bits per heavy atom. The summed E-state index contributed by atoms with van der Waals surface area (Å²) in [6.45, 7) is 12.7. The predicted octanol–water partition coefficient (Wildman–Crippen LogP) is 3.67. The van der Waals surface area contributed by atoms with Crippen molar-refractivity contribution in [2.45, 2.75) is 58.7 Å². The summed E-state index contributed by atoms with van der Waals surface area (Å²) in [6.07, 6.45) is 6.83. The van der Waals surface area contributed by atoms with Crippen LogP contribution in [0, 0.1) is 0 Å². The van der Waals surface area contributed by atoms with Crippen LogP contribution in [-0.2, 0) is 0 Å². The Bertz CT molecular complexity index is 289. The van der Waals surface area contributed by atoms with Crippen LogP contribution in [0.25, 0.3) is 0 Å². The molecule has 1 aliphatic rings. The zero-order valence-electron chi connectivity index (χ0n) is 14.0. The number of allylic oxidation sites excluding steroid dienone is 1. The zero-order chi connectivity index (χ0) is 14.5. The van der Waals surface area contributed by atoms with Crippen LogP contribution >= 0.6 is 0 Å². The molecule has 0 amide bonds. The van der Waals surface area contributed by atoms with Crippen molar-refractivity contribution in [3.05, 3.63) is 11.2 Å². The van der Waals surface area contributed by atoms with Gasteiger partial charge in [-0.15, -0.1) is 0 Å². The van der Waals surface area contributed by atoms with Gasteiger partial charge in [0.2, 0.25) is 0 Å². The molecule has 0 radical (unpaired) electrons. The van der Waals surface area contributed by atoms with Gasteiger partial charge in [-0.05, 0) is 26.9 Å². The molecule has 1 fully saturated rings. The quantitative estimate of drug-likeness (QED) is 0.518. The van der Waals surface area contributed by atoms with E-state index < -0.39 is 8.07 Å². The Balaban J connectivity index is 2.68. The number of unbranched alkanes of at least 4 members (excludes halogenated alkanes) is 3. The summed E-state index contributed by atoms with van der Waals surface area (Å²) in [5.74, 6) is 2.59. The Morgan fingerprint density at radius 1 is 1.05 bits per heavy atom. The highest BCUT2D eigenvalue weighted by molar-refractivity contribution is 6.84. The smallest absolute Gasteiger partial charge is 0.326 e. The van der Waals surface area contributed by atoms with E-state index in [1.807, 2.05) is 0 Å². The summed E-state index contributed by atoms with van der Waals surface area (Å²) in [6, 6.07) is 0. The number of rotatable bonds is 7. The zero-order valence-corrected chi connectivity index (χ0v) is 15.0. The second kappa shape index (κ2) is 7.65. The van der Waals surface area contributed by atoms with Crippen LogP contribution in [0.3, 0.4) is 0 Å². The average Bonchev–Trinajstić information content (AvgIpc) is 2.62. The molecule has 0 saturated carbocycles. The number of hydrogen-bond donors (Lipinski definition) is 0. The van der Waals surface area contributed by atoms with Crippen LogP contribution in [0.2, 0.25) is 19.6 Å². The Hall–Kier alpha value is -0.0582. The summed E-state index contributed by atoms with van der Waals surface area (Å²) < 4.78 is 0. The van der Waals surface area contributed by atoms with Gasteiger partial charge in [-0.3, -0.25) is 0 Å². The number of likely N-dealkylation sites (N-methyl/N-ethyl adjacent to an activating group) is 2. The standard InChI is InChI=1S/C15H33BN2Si/c1-7-8-9-10-11-15(19(4,5)6)14-16-17(2)12-13-18(16)3/h14H,7-13H2,1-6H3/b15-14-. The van der Waals surface area contributed by atoms with Gasteiger partial charge in [-0.2, -0.15) is 0 Å². The molecule has 0 aromatic carbocycles. The van der Waals surface area contributed by atoms with E-state index >= 15 is 0 Å². The molecule has 1 rings (SSSR count). The number of hydrogen-bond acceptors (Lipinski definition) is 2. The molecule has 0 aliphatic carbocycles. The highest BCUT2D eigenvalue weighted by atomic mass is 28.3. The summed E-state index contributed by atoms with van der Waals surface area (Å²) >= 11 is 0. The van der Waals surface area contributed by atoms with E-state index in [1.54, 1.807) is 5.20 Å². The van der Waals surface area contributed by atoms with Crippen LogP contribution in [0.1, 0.15) is 39.0 Å². The van der Waals surface area contributed by atoms with E-state index in [0.717, 1.165) is 0 Å². The monoisotopic (exact) mass is 280 g/mol. The second-order valence-corrected chi connectivity index (χ2v) is 12.3. The van der Waals surface area contributed by atoms with E-state index in [0.29, 0.717) is 6.98 Å². The predicted molar refractivity (Wildman–Crippen MR) is 91.2 cm³/mol. The maximum atomic E-state index is 2.59. The van der Waals surface area contributed by atoms with Gasteiger partial charge in [0.05, 0.1) is 8.07 Å². The first-order valence-electron chi connectivity index (χ1n) is 7.98. The average molecular weight is 280 g/mol. The lowest BCUT2D eigenvalue weighted by molar-refractivity contribution is 0.553. The first-order chi connectivity index (χ1) is 8.86. The second-order valence-electron chi connectivity index (χ2n) is 7.13. The maximum Gasteiger partial charge on any atom is 0.337 e. The molecule has 1 heterocycles. The molecular formula is C15H33BN2Si. The minimum absolute atomic E-state index is 0.535. The summed E-state index contributed by atoms with van der Waals surface area (Å²) in [7, 11) is 3.34. The van der Waals surface area contributed by atoms with Crippen molar-refractivity contribution in [3.8, 4) is 0 Å². The fourth-order valence-electron chi connectivity index (χ4n) is 2.80. The van der Waals surface area contributed by atoms with Crippen molar-refractivity contribution in [1.29, 1.82) is 0 Å². The lowest BCUT2D eigenvalue weighted by Gasteiger charge is -2.25. The summed E-state index contributed by atoms with van der Waals surface area (Å²) in [4.78, 5) is 4.96. The minimum atomic E-state index is -1.17. The van der Waals surface area contributed by atoms with Crippen LogP contribution in [0.15, 0.2) is 11.2 Å². The fraction of sp³-hybridized carbons (Fsp3) is 0.867. The van der Waals surface area contributed by atoms with E-state index in [1.165, 1.54) is 45.2 Å². The van der Waals surface area contributed by atoms with Crippen LogP contribution in [0.4, 0.5) is 0 Å². The van der Waals surface area contributed by atoms with Crippen LogP contribution in [0.5, 0.6) is 0 Å². The molecular weight excluding hydrogens is 247 g/mol. The van der Waals surface area contributed by atoms with Gasteiger partial charge >= 0.3 is 6.98 Å². The first-order valence-corrected chi connectivity index (χ1v) is 11.5. The van der Waals surface area contributed by atoms with Gasteiger partial charge < -0.3 is 9.62 Å². The van der Waals surface area contributed by atoms with Crippen molar-refractivity contribution in [2.75, 3.05) is 27.2 Å². The Labute approximate surface area is 122 Å². The first kappa shape index (κ1) is 17.0. The SMILES string of the molecule is CCCCCC/C(=C/B1N(C)CCN1C)[Si](C)(C)C. The van der Waals surface area contributed by atoms with Gasteiger partial charge in [0.25, 0.3) is 0 Å². The van der Waals surface area contributed by atoms with Crippen molar-refractivity contribution in [3.63, 3.8) is 0 Å².